The average molecular weight is 527 g/mol. The molecule has 6 N–H and O–H groups in total. The van der Waals surface area contributed by atoms with Crippen molar-refractivity contribution < 1.29 is 54.5 Å². The molecule has 0 spiro atoms. The molecule has 3 aliphatic rings. The van der Waals surface area contributed by atoms with Crippen molar-refractivity contribution in [3.8, 4) is 0 Å². The summed E-state index contributed by atoms with van der Waals surface area (Å²) in [6.45, 7) is 7.72. The topological polar surface area (TPSA) is 191 Å². The number of aliphatic hydroxyl groups is 6. The second-order valence-electron chi connectivity index (χ2n) is 11.0. The van der Waals surface area contributed by atoms with Gasteiger partial charge >= 0.3 is 11.9 Å². The number of carbonyl (C=O) groups is 3. The van der Waals surface area contributed by atoms with Crippen molar-refractivity contribution in [2.45, 2.75) is 82.6 Å². The molecule has 10 atom stereocenters. The van der Waals surface area contributed by atoms with Gasteiger partial charge in [0, 0.05) is 5.41 Å². The number of carbonyl (C=O) groups excluding carboxylic acids is 3. The Hall–Kier alpha value is -2.15. The van der Waals surface area contributed by atoms with Crippen molar-refractivity contribution in [2.75, 3.05) is 13.2 Å². The maximum absolute atomic E-state index is 12.7. The first-order valence-corrected chi connectivity index (χ1v) is 12.5. The molecule has 0 amide bonds. The third kappa shape index (κ3) is 5.39. The van der Waals surface area contributed by atoms with E-state index in [9.17, 15) is 45.0 Å². The molecule has 3 fully saturated rings. The summed E-state index contributed by atoms with van der Waals surface area (Å²) in [5, 5.41) is 59.9. The van der Waals surface area contributed by atoms with Crippen LogP contribution in [0.3, 0.4) is 0 Å². The smallest absolute Gasteiger partial charge is 0.338 e. The van der Waals surface area contributed by atoms with E-state index < -0.39 is 54.0 Å². The van der Waals surface area contributed by atoms with Crippen molar-refractivity contribution in [1.82, 2.24) is 0 Å². The minimum atomic E-state index is -2.22. The molecule has 37 heavy (non-hydrogen) atoms. The van der Waals surface area contributed by atoms with Crippen LogP contribution in [-0.4, -0.2) is 98.7 Å². The fourth-order valence-corrected chi connectivity index (χ4v) is 6.56. The normalized spacial score (nSPS) is 38.3. The number of cyclic esters (lactones) is 1. The fraction of sp³-hybridized carbons (Fsp3) is 0.731. The molecule has 11 heteroatoms. The van der Waals surface area contributed by atoms with Crippen molar-refractivity contribution in [1.29, 1.82) is 0 Å². The molecule has 208 valence electrons. The first-order chi connectivity index (χ1) is 17.3. The quantitative estimate of drug-likeness (QED) is 0.0950. The number of aliphatic hydroxyl groups excluding tert-OH is 6. The zero-order valence-electron chi connectivity index (χ0n) is 21.2. The largest absolute Gasteiger partial charge is 0.460 e. The molecule has 1 aliphatic heterocycles. The predicted molar refractivity (Wildman–Crippen MR) is 128 cm³/mol. The van der Waals surface area contributed by atoms with E-state index in [4.69, 9.17) is 9.47 Å². The highest BCUT2D eigenvalue weighted by atomic mass is 16.6. The predicted octanol–water partition coefficient (Wildman–Crippen LogP) is -0.844. The molecule has 0 aromatic carbocycles. The molecule has 3 rings (SSSR count). The summed E-state index contributed by atoms with van der Waals surface area (Å²) in [5.74, 6) is -2.00. The second-order valence-corrected chi connectivity index (χ2v) is 11.0. The highest BCUT2D eigenvalue weighted by molar-refractivity contribution is 5.91. The van der Waals surface area contributed by atoms with Gasteiger partial charge in [0.25, 0.3) is 0 Å². The van der Waals surface area contributed by atoms with E-state index in [1.807, 2.05) is 0 Å². The Balaban J connectivity index is 1.80. The summed E-state index contributed by atoms with van der Waals surface area (Å²) in [5.41, 5.74) is -0.0941. The van der Waals surface area contributed by atoms with Crippen molar-refractivity contribution in [3.05, 3.63) is 23.8 Å². The van der Waals surface area contributed by atoms with Gasteiger partial charge in [-0.15, -0.1) is 0 Å². The Morgan fingerprint density at radius 3 is 2.46 bits per heavy atom. The number of allylic oxidation sites excluding steroid dienone is 2. The lowest BCUT2D eigenvalue weighted by Crippen LogP contribution is -2.59. The summed E-state index contributed by atoms with van der Waals surface area (Å²) in [7, 11) is 0. The maximum atomic E-state index is 12.7. The van der Waals surface area contributed by atoms with Gasteiger partial charge in [-0.3, -0.25) is 0 Å². The molecule has 0 aromatic rings. The van der Waals surface area contributed by atoms with E-state index in [1.54, 1.807) is 13.0 Å². The highest BCUT2D eigenvalue weighted by Crippen LogP contribution is 2.62. The van der Waals surface area contributed by atoms with Crippen molar-refractivity contribution in [3.63, 3.8) is 0 Å². The van der Waals surface area contributed by atoms with E-state index in [0.717, 1.165) is 5.57 Å². The summed E-state index contributed by atoms with van der Waals surface area (Å²) in [6.07, 6.45) is -5.95. The zero-order chi connectivity index (χ0) is 27.7. The summed E-state index contributed by atoms with van der Waals surface area (Å²) < 4.78 is 10.5. The van der Waals surface area contributed by atoms with Gasteiger partial charge in [-0.2, -0.15) is 0 Å². The molecule has 1 heterocycles. The average Bonchev–Trinajstić information content (AvgIpc) is 3.20. The SMILES string of the molecule is C=C1CCC2[C@](C)(CO)[C@H](OC(=O)[C@@H](O)[C@@H](O)[C@H](O)[C@@H](O)C=O)CC[C@@]2(C)[C@@H]1C/C=C1\C(=O)OCC1O. The molecule has 0 radical (unpaired) electrons. The number of fused-ring (bicyclic) bond motifs is 1. The molecule has 2 unspecified atom stereocenters. The molecule has 1 saturated heterocycles. The van der Waals surface area contributed by atoms with Crippen LogP contribution in [0.1, 0.15) is 46.0 Å². The number of ether oxygens (including phenoxy) is 2. The Morgan fingerprint density at radius 2 is 1.89 bits per heavy atom. The van der Waals surface area contributed by atoms with Gasteiger partial charge in [0.05, 0.1) is 12.2 Å². The maximum Gasteiger partial charge on any atom is 0.338 e. The monoisotopic (exact) mass is 526 g/mol. The number of hydrogen-bond acceptors (Lipinski definition) is 11. The van der Waals surface area contributed by atoms with Crippen LogP contribution >= 0.6 is 0 Å². The first-order valence-electron chi connectivity index (χ1n) is 12.5. The molecule has 2 saturated carbocycles. The van der Waals surface area contributed by atoms with Crippen LogP contribution in [0.25, 0.3) is 0 Å². The Morgan fingerprint density at radius 1 is 1.22 bits per heavy atom. The van der Waals surface area contributed by atoms with Crippen LogP contribution in [0.5, 0.6) is 0 Å². The Bertz CT molecular complexity index is 931. The van der Waals surface area contributed by atoms with Gasteiger partial charge in [0.1, 0.15) is 37.1 Å². The van der Waals surface area contributed by atoms with Gasteiger partial charge in [-0.25, -0.2) is 9.59 Å². The van der Waals surface area contributed by atoms with Gasteiger partial charge in [-0.05, 0) is 49.4 Å². The van der Waals surface area contributed by atoms with Crippen LogP contribution in [0.4, 0.5) is 0 Å². The third-order valence-electron chi connectivity index (χ3n) is 8.86. The molecular formula is C26H38O11. The van der Waals surface area contributed by atoms with E-state index in [2.05, 4.69) is 13.5 Å². The molecule has 0 bridgehead atoms. The minimum Gasteiger partial charge on any atom is -0.460 e. The zero-order valence-corrected chi connectivity index (χ0v) is 21.2. The molecule has 0 aromatic heterocycles. The van der Waals surface area contributed by atoms with Gasteiger partial charge in [-0.1, -0.05) is 32.1 Å². The molecular weight excluding hydrogens is 488 g/mol. The molecule has 11 nitrogen and oxygen atoms in total. The third-order valence-corrected chi connectivity index (χ3v) is 8.86. The van der Waals surface area contributed by atoms with Gasteiger partial charge in [0.2, 0.25) is 0 Å². The van der Waals surface area contributed by atoms with Crippen molar-refractivity contribution in [2.24, 2.45) is 22.7 Å². The lowest BCUT2D eigenvalue weighted by molar-refractivity contribution is -0.201. The van der Waals surface area contributed by atoms with E-state index in [0.29, 0.717) is 32.1 Å². The Kier molecular flexibility index (Phi) is 8.98. The van der Waals surface area contributed by atoms with Crippen LogP contribution in [-0.2, 0) is 23.9 Å². The van der Waals surface area contributed by atoms with Crippen LogP contribution < -0.4 is 0 Å². The van der Waals surface area contributed by atoms with Crippen LogP contribution in [0.15, 0.2) is 23.8 Å². The van der Waals surface area contributed by atoms with Crippen LogP contribution in [0.2, 0.25) is 0 Å². The van der Waals surface area contributed by atoms with E-state index in [1.165, 1.54) is 0 Å². The number of esters is 2. The van der Waals surface area contributed by atoms with Crippen molar-refractivity contribution >= 4 is 18.2 Å². The number of aldehydes is 1. The fourth-order valence-electron chi connectivity index (χ4n) is 6.56. The summed E-state index contributed by atoms with van der Waals surface area (Å²) in [6, 6.07) is 0. The lowest BCUT2D eigenvalue weighted by Gasteiger charge is -2.60. The lowest BCUT2D eigenvalue weighted by atomic mass is 9.46. The van der Waals surface area contributed by atoms with Gasteiger partial charge < -0.3 is 44.9 Å². The second kappa shape index (κ2) is 11.3. The first kappa shape index (κ1) is 29.4. The summed E-state index contributed by atoms with van der Waals surface area (Å²) >= 11 is 0. The standard InChI is InChI=1S/C26H38O11/c1-13-4-7-18-25(2,15(13)6-5-14-17(30)11-36-23(14)34)9-8-19(26(18,3)12-28)37-24(35)22(33)21(32)20(31)16(29)10-27/h5,10,15-22,28-33H,1,4,6-9,11-12H2,2-3H3/b14-5-/t15-,16+,17?,18?,19-,20-,21+,22+,25+,26+/m1/s1. The number of hydrogen-bond donors (Lipinski definition) is 6. The van der Waals surface area contributed by atoms with Gasteiger partial charge in [0.15, 0.2) is 12.4 Å². The minimum absolute atomic E-state index is 0.0314. The Labute approximate surface area is 215 Å². The van der Waals surface area contributed by atoms with Crippen LogP contribution in [0, 0.1) is 22.7 Å². The summed E-state index contributed by atoms with van der Waals surface area (Å²) in [4.78, 5) is 35.3. The van der Waals surface area contributed by atoms with E-state index in [-0.39, 0.29) is 42.3 Å². The highest BCUT2D eigenvalue weighted by Gasteiger charge is 2.59. The van der Waals surface area contributed by atoms with E-state index >= 15 is 0 Å². The number of rotatable bonds is 9. The molecule has 2 aliphatic carbocycles.